The Hall–Kier alpha value is -1.10. The molecule has 3 aromatic rings. The van der Waals surface area contributed by atoms with Crippen molar-refractivity contribution in [3.8, 4) is 10.6 Å². The maximum Gasteiger partial charge on any atom is 0.124 e. The van der Waals surface area contributed by atoms with Crippen molar-refractivity contribution in [2.45, 2.75) is 0 Å². The van der Waals surface area contributed by atoms with Gasteiger partial charge in [0.05, 0.1) is 20.9 Å². The quantitative estimate of drug-likeness (QED) is 0.636. The van der Waals surface area contributed by atoms with E-state index in [1.807, 2.05) is 24.3 Å². The molecule has 18 heavy (non-hydrogen) atoms. The van der Waals surface area contributed by atoms with Crippen molar-refractivity contribution in [3.05, 3.63) is 45.9 Å². The van der Waals surface area contributed by atoms with Gasteiger partial charge in [-0.3, -0.25) is 0 Å². The fraction of sp³-hybridized carbons (Fsp3) is 0. The number of thiazole rings is 1. The lowest BCUT2D eigenvalue weighted by Gasteiger charge is -2.00. The molecule has 2 N–H and O–H groups in total. The van der Waals surface area contributed by atoms with E-state index in [1.165, 1.54) is 0 Å². The standard InChI is InChI=1S/C13H8BrClN2S/c14-8-2-4-12-11(6-8)17-13(18-12)7-1-3-9(15)10(16)5-7/h1-6H,16H2. The number of hydrogen-bond acceptors (Lipinski definition) is 3. The zero-order valence-corrected chi connectivity index (χ0v) is 12.3. The van der Waals surface area contributed by atoms with Gasteiger partial charge in [0.25, 0.3) is 0 Å². The van der Waals surface area contributed by atoms with E-state index in [-0.39, 0.29) is 0 Å². The Morgan fingerprint density at radius 2 is 2.00 bits per heavy atom. The predicted molar refractivity (Wildman–Crippen MR) is 82.2 cm³/mol. The molecule has 0 spiro atoms. The smallest absolute Gasteiger partial charge is 0.124 e. The van der Waals surface area contributed by atoms with E-state index < -0.39 is 0 Å². The maximum atomic E-state index is 5.92. The van der Waals surface area contributed by atoms with Crippen LogP contribution in [0.1, 0.15) is 0 Å². The molecule has 90 valence electrons. The van der Waals surface area contributed by atoms with Crippen molar-refractivity contribution in [2.24, 2.45) is 0 Å². The van der Waals surface area contributed by atoms with Gasteiger partial charge in [-0.2, -0.15) is 0 Å². The summed E-state index contributed by atoms with van der Waals surface area (Å²) in [6.45, 7) is 0. The lowest BCUT2D eigenvalue weighted by atomic mass is 10.2. The van der Waals surface area contributed by atoms with Crippen LogP contribution in [0, 0.1) is 0 Å². The van der Waals surface area contributed by atoms with Gasteiger partial charge in [-0.1, -0.05) is 33.6 Å². The Morgan fingerprint density at radius 3 is 2.78 bits per heavy atom. The van der Waals surface area contributed by atoms with Crippen molar-refractivity contribution in [2.75, 3.05) is 5.73 Å². The van der Waals surface area contributed by atoms with Crippen LogP contribution in [-0.4, -0.2) is 4.98 Å². The molecule has 0 atom stereocenters. The molecule has 0 saturated heterocycles. The monoisotopic (exact) mass is 338 g/mol. The molecular weight excluding hydrogens is 332 g/mol. The molecule has 0 aliphatic carbocycles. The summed E-state index contributed by atoms with van der Waals surface area (Å²) in [6, 6.07) is 11.7. The number of benzene rings is 2. The van der Waals surface area contributed by atoms with E-state index in [0.717, 1.165) is 25.3 Å². The minimum atomic E-state index is 0.572. The van der Waals surface area contributed by atoms with Crippen LogP contribution in [0.4, 0.5) is 5.69 Å². The molecule has 2 nitrogen and oxygen atoms in total. The lowest BCUT2D eigenvalue weighted by molar-refractivity contribution is 1.47. The first-order valence-corrected chi connectivity index (χ1v) is 7.24. The number of nitrogen functional groups attached to an aromatic ring is 1. The molecule has 3 rings (SSSR count). The third-order valence-corrected chi connectivity index (χ3v) is 4.52. The zero-order valence-electron chi connectivity index (χ0n) is 9.15. The van der Waals surface area contributed by atoms with Crippen molar-refractivity contribution in [1.82, 2.24) is 4.98 Å². The summed E-state index contributed by atoms with van der Waals surface area (Å²) in [6.07, 6.45) is 0. The Bertz CT molecular complexity index is 739. The average Bonchev–Trinajstić information content (AvgIpc) is 2.75. The molecule has 0 amide bonds. The molecular formula is C13H8BrClN2S. The lowest BCUT2D eigenvalue weighted by Crippen LogP contribution is -1.86. The summed E-state index contributed by atoms with van der Waals surface area (Å²) >= 11 is 11.0. The summed E-state index contributed by atoms with van der Waals surface area (Å²) in [5.41, 5.74) is 8.37. The van der Waals surface area contributed by atoms with E-state index in [4.69, 9.17) is 17.3 Å². The van der Waals surface area contributed by atoms with Gasteiger partial charge in [0.15, 0.2) is 0 Å². The number of hydrogen-bond donors (Lipinski definition) is 1. The van der Waals surface area contributed by atoms with Crippen LogP contribution in [0.15, 0.2) is 40.9 Å². The SMILES string of the molecule is Nc1cc(-c2nc3cc(Br)ccc3s2)ccc1Cl. The Kier molecular flexibility index (Phi) is 3.01. The third kappa shape index (κ3) is 2.11. The molecule has 0 radical (unpaired) electrons. The summed E-state index contributed by atoms with van der Waals surface area (Å²) in [5.74, 6) is 0. The highest BCUT2D eigenvalue weighted by Gasteiger charge is 2.08. The second-order valence-corrected chi connectivity index (χ2v) is 6.22. The van der Waals surface area contributed by atoms with Crippen LogP contribution in [0.25, 0.3) is 20.8 Å². The number of nitrogens with zero attached hydrogens (tertiary/aromatic N) is 1. The first-order chi connectivity index (χ1) is 8.63. The number of aromatic nitrogens is 1. The normalized spacial score (nSPS) is 11.0. The van der Waals surface area contributed by atoms with Crippen LogP contribution < -0.4 is 5.73 Å². The van der Waals surface area contributed by atoms with E-state index in [0.29, 0.717) is 10.7 Å². The van der Waals surface area contributed by atoms with Gasteiger partial charge in [0.1, 0.15) is 5.01 Å². The number of anilines is 1. The predicted octanol–water partition coefficient (Wildman–Crippen LogP) is 4.96. The first kappa shape index (κ1) is 12.0. The minimum Gasteiger partial charge on any atom is -0.398 e. The number of fused-ring (bicyclic) bond motifs is 1. The molecule has 0 aliphatic rings. The van der Waals surface area contributed by atoms with Gasteiger partial charge in [-0.25, -0.2) is 4.98 Å². The second-order valence-electron chi connectivity index (χ2n) is 3.87. The van der Waals surface area contributed by atoms with Crippen LogP contribution in [0.2, 0.25) is 5.02 Å². The topological polar surface area (TPSA) is 38.9 Å². The van der Waals surface area contributed by atoms with E-state index in [2.05, 4.69) is 27.0 Å². The molecule has 0 bridgehead atoms. The highest BCUT2D eigenvalue weighted by atomic mass is 79.9. The molecule has 1 aromatic heterocycles. The fourth-order valence-electron chi connectivity index (χ4n) is 1.70. The summed E-state index contributed by atoms with van der Waals surface area (Å²) in [7, 11) is 0. The highest BCUT2D eigenvalue weighted by Crippen LogP contribution is 2.33. The fourth-order valence-corrected chi connectivity index (χ4v) is 3.11. The second kappa shape index (κ2) is 4.53. The average molecular weight is 340 g/mol. The van der Waals surface area contributed by atoms with E-state index >= 15 is 0 Å². The van der Waals surface area contributed by atoms with E-state index in [9.17, 15) is 0 Å². The maximum absolute atomic E-state index is 5.92. The van der Waals surface area contributed by atoms with Crippen molar-refractivity contribution in [3.63, 3.8) is 0 Å². The Balaban J connectivity index is 2.16. The number of rotatable bonds is 1. The van der Waals surface area contributed by atoms with Crippen LogP contribution in [-0.2, 0) is 0 Å². The van der Waals surface area contributed by atoms with E-state index in [1.54, 1.807) is 17.4 Å². The highest BCUT2D eigenvalue weighted by molar-refractivity contribution is 9.10. The minimum absolute atomic E-state index is 0.572. The summed E-state index contributed by atoms with van der Waals surface area (Å²) < 4.78 is 2.18. The van der Waals surface area contributed by atoms with Crippen molar-refractivity contribution < 1.29 is 0 Å². The van der Waals surface area contributed by atoms with Gasteiger partial charge < -0.3 is 5.73 Å². The number of nitrogens with two attached hydrogens (primary N) is 1. The van der Waals surface area contributed by atoms with Crippen LogP contribution in [0.5, 0.6) is 0 Å². The third-order valence-electron chi connectivity index (χ3n) is 2.59. The van der Waals surface area contributed by atoms with Gasteiger partial charge in [0, 0.05) is 10.0 Å². The van der Waals surface area contributed by atoms with Gasteiger partial charge in [0.2, 0.25) is 0 Å². The summed E-state index contributed by atoms with van der Waals surface area (Å²) in [4.78, 5) is 4.60. The molecule has 1 heterocycles. The van der Waals surface area contributed by atoms with Crippen LogP contribution in [0.3, 0.4) is 0 Å². The Labute approximate surface area is 122 Å². The largest absolute Gasteiger partial charge is 0.398 e. The Morgan fingerprint density at radius 1 is 1.17 bits per heavy atom. The van der Waals surface area contributed by atoms with Gasteiger partial charge in [-0.15, -0.1) is 11.3 Å². The first-order valence-electron chi connectivity index (χ1n) is 5.25. The van der Waals surface area contributed by atoms with Crippen molar-refractivity contribution in [1.29, 1.82) is 0 Å². The molecule has 5 heteroatoms. The van der Waals surface area contributed by atoms with Gasteiger partial charge >= 0.3 is 0 Å². The molecule has 0 aliphatic heterocycles. The molecule has 0 unspecified atom stereocenters. The molecule has 0 saturated carbocycles. The number of halogens is 2. The molecule has 2 aromatic carbocycles. The zero-order chi connectivity index (χ0) is 12.7. The van der Waals surface area contributed by atoms with Gasteiger partial charge in [-0.05, 0) is 30.3 Å². The van der Waals surface area contributed by atoms with Crippen LogP contribution >= 0.6 is 38.9 Å². The van der Waals surface area contributed by atoms with Crippen molar-refractivity contribution >= 4 is 54.8 Å². The summed E-state index contributed by atoms with van der Waals surface area (Å²) in [5, 5.41) is 1.52. The molecule has 0 fully saturated rings.